The number of rotatable bonds is 4. The van der Waals surface area contributed by atoms with E-state index in [0.29, 0.717) is 17.9 Å². The van der Waals surface area contributed by atoms with E-state index in [-0.39, 0.29) is 11.7 Å². The molecule has 0 saturated heterocycles. The summed E-state index contributed by atoms with van der Waals surface area (Å²) < 4.78 is 5.54. The van der Waals surface area contributed by atoms with Crippen molar-refractivity contribution in [2.75, 3.05) is 0 Å². The SMILES string of the molecule is Cc1cccc(C)c1Cc1nnc(C(=O)c2ccccc2)o1. The van der Waals surface area contributed by atoms with Crippen LogP contribution in [0.25, 0.3) is 0 Å². The third-order valence-electron chi connectivity index (χ3n) is 3.67. The third kappa shape index (κ3) is 2.81. The first kappa shape index (κ1) is 14.2. The van der Waals surface area contributed by atoms with Crippen LogP contribution < -0.4 is 0 Å². The number of ketones is 1. The summed E-state index contributed by atoms with van der Waals surface area (Å²) in [6.07, 6.45) is 0.535. The highest BCUT2D eigenvalue weighted by Crippen LogP contribution is 2.18. The van der Waals surface area contributed by atoms with Gasteiger partial charge in [0.05, 0.1) is 6.42 Å². The topological polar surface area (TPSA) is 56.0 Å². The van der Waals surface area contributed by atoms with Gasteiger partial charge in [0.2, 0.25) is 11.7 Å². The fraction of sp³-hybridized carbons (Fsp3) is 0.167. The maximum Gasteiger partial charge on any atom is 0.289 e. The van der Waals surface area contributed by atoms with Gasteiger partial charge in [0, 0.05) is 5.56 Å². The van der Waals surface area contributed by atoms with Crippen molar-refractivity contribution in [2.24, 2.45) is 0 Å². The van der Waals surface area contributed by atoms with Crippen LogP contribution in [0.5, 0.6) is 0 Å². The Kier molecular flexibility index (Phi) is 3.83. The zero-order valence-corrected chi connectivity index (χ0v) is 12.5. The summed E-state index contributed by atoms with van der Waals surface area (Å²) in [5.41, 5.74) is 4.05. The molecule has 3 aromatic rings. The van der Waals surface area contributed by atoms with E-state index in [4.69, 9.17) is 4.42 Å². The van der Waals surface area contributed by atoms with Crippen LogP contribution in [0.4, 0.5) is 0 Å². The minimum absolute atomic E-state index is 0.0347. The van der Waals surface area contributed by atoms with Crippen molar-refractivity contribution in [3.8, 4) is 0 Å². The molecule has 110 valence electrons. The van der Waals surface area contributed by atoms with E-state index in [9.17, 15) is 4.79 Å². The highest BCUT2D eigenvalue weighted by atomic mass is 16.4. The van der Waals surface area contributed by atoms with Crippen LogP contribution in [0, 0.1) is 13.8 Å². The van der Waals surface area contributed by atoms with E-state index in [2.05, 4.69) is 36.2 Å². The van der Waals surface area contributed by atoms with Crippen molar-refractivity contribution in [1.29, 1.82) is 0 Å². The Morgan fingerprint density at radius 3 is 2.32 bits per heavy atom. The standard InChI is InChI=1S/C18H16N2O2/c1-12-7-6-8-13(2)15(12)11-16-19-20-18(22-16)17(21)14-9-4-3-5-10-14/h3-10H,11H2,1-2H3. The van der Waals surface area contributed by atoms with Crippen molar-refractivity contribution in [3.63, 3.8) is 0 Å². The molecule has 2 aromatic carbocycles. The van der Waals surface area contributed by atoms with Gasteiger partial charge in [-0.15, -0.1) is 10.2 Å². The molecule has 0 saturated carbocycles. The molecular formula is C18H16N2O2. The molecule has 0 aliphatic heterocycles. The lowest BCUT2D eigenvalue weighted by molar-refractivity contribution is 0.100. The number of carbonyl (C=O) groups excluding carboxylic acids is 1. The van der Waals surface area contributed by atoms with Crippen molar-refractivity contribution >= 4 is 5.78 Å². The Morgan fingerprint density at radius 2 is 1.64 bits per heavy atom. The second-order valence-electron chi connectivity index (χ2n) is 5.24. The van der Waals surface area contributed by atoms with Crippen LogP contribution in [0.2, 0.25) is 0 Å². The third-order valence-corrected chi connectivity index (χ3v) is 3.67. The number of hydrogen-bond donors (Lipinski definition) is 0. The van der Waals surface area contributed by atoms with E-state index in [1.54, 1.807) is 24.3 Å². The first-order chi connectivity index (χ1) is 10.6. The Morgan fingerprint density at radius 1 is 0.955 bits per heavy atom. The number of benzene rings is 2. The first-order valence-electron chi connectivity index (χ1n) is 7.12. The summed E-state index contributed by atoms with van der Waals surface area (Å²) in [6.45, 7) is 4.10. The van der Waals surface area contributed by atoms with Gasteiger partial charge < -0.3 is 4.42 Å². The Labute approximate surface area is 128 Å². The number of aromatic nitrogens is 2. The predicted molar refractivity (Wildman–Crippen MR) is 82.9 cm³/mol. The van der Waals surface area contributed by atoms with Crippen LogP contribution in [-0.2, 0) is 6.42 Å². The van der Waals surface area contributed by atoms with Crippen molar-refractivity contribution in [3.05, 3.63) is 82.6 Å². The number of hydrogen-bond acceptors (Lipinski definition) is 4. The van der Waals surface area contributed by atoms with Gasteiger partial charge in [-0.1, -0.05) is 48.5 Å². The number of carbonyl (C=O) groups is 1. The molecule has 1 aromatic heterocycles. The number of nitrogens with zero attached hydrogens (tertiary/aromatic N) is 2. The minimum atomic E-state index is -0.249. The molecule has 0 aliphatic rings. The molecule has 0 spiro atoms. The zero-order valence-electron chi connectivity index (χ0n) is 12.5. The van der Waals surface area contributed by atoms with Gasteiger partial charge in [-0.3, -0.25) is 4.79 Å². The first-order valence-corrected chi connectivity index (χ1v) is 7.12. The molecule has 3 rings (SSSR count). The van der Waals surface area contributed by atoms with E-state index >= 15 is 0 Å². The van der Waals surface area contributed by atoms with E-state index < -0.39 is 0 Å². The van der Waals surface area contributed by atoms with E-state index in [0.717, 1.165) is 5.56 Å². The largest absolute Gasteiger partial charge is 0.418 e. The molecule has 0 atom stereocenters. The van der Waals surface area contributed by atoms with Crippen LogP contribution in [0.3, 0.4) is 0 Å². The Hall–Kier alpha value is -2.75. The van der Waals surface area contributed by atoms with Gasteiger partial charge >= 0.3 is 0 Å². The lowest BCUT2D eigenvalue weighted by Gasteiger charge is -2.06. The van der Waals surface area contributed by atoms with Crippen molar-refractivity contribution < 1.29 is 9.21 Å². The maximum absolute atomic E-state index is 12.2. The normalized spacial score (nSPS) is 10.6. The monoisotopic (exact) mass is 292 g/mol. The van der Waals surface area contributed by atoms with Gasteiger partial charge in [0.25, 0.3) is 5.89 Å². The van der Waals surface area contributed by atoms with Crippen LogP contribution in [-0.4, -0.2) is 16.0 Å². The summed E-state index contributed by atoms with van der Waals surface area (Å²) in [4.78, 5) is 12.2. The van der Waals surface area contributed by atoms with Gasteiger partial charge in [0.1, 0.15) is 0 Å². The molecular weight excluding hydrogens is 276 g/mol. The van der Waals surface area contributed by atoms with E-state index in [1.165, 1.54) is 11.1 Å². The predicted octanol–water partition coefficient (Wildman–Crippen LogP) is 3.51. The smallest absolute Gasteiger partial charge is 0.289 e. The zero-order chi connectivity index (χ0) is 15.5. The van der Waals surface area contributed by atoms with Gasteiger partial charge in [-0.25, -0.2) is 0 Å². The quantitative estimate of drug-likeness (QED) is 0.690. The van der Waals surface area contributed by atoms with Crippen LogP contribution in [0.15, 0.2) is 52.9 Å². The van der Waals surface area contributed by atoms with Gasteiger partial charge in [-0.05, 0) is 30.5 Å². The average molecular weight is 292 g/mol. The second-order valence-corrected chi connectivity index (χ2v) is 5.24. The molecule has 4 nitrogen and oxygen atoms in total. The highest BCUT2D eigenvalue weighted by molar-refractivity contribution is 6.05. The maximum atomic E-state index is 12.2. The second kappa shape index (κ2) is 5.93. The number of aryl methyl sites for hydroxylation is 2. The molecule has 22 heavy (non-hydrogen) atoms. The lowest BCUT2D eigenvalue weighted by atomic mass is 10.0. The minimum Gasteiger partial charge on any atom is -0.418 e. The summed E-state index contributed by atoms with van der Waals surface area (Å²) in [5.74, 6) is 0.241. The lowest BCUT2D eigenvalue weighted by Crippen LogP contribution is -2.01. The Bertz CT molecular complexity index is 787. The fourth-order valence-corrected chi connectivity index (χ4v) is 2.41. The van der Waals surface area contributed by atoms with Crippen molar-refractivity contribution in [2.45, 2.75) is 20.3 Å². The van der Waals surface area contributed by atoms with E-state index in [1.807, 2.05) is 12.1 Å². The highest BCUT2D eigenvalue weighted by Gasteiger charge is 2.17. The van der Waals surface area contributed by atoms with Crippen LogP contribution in [0.1, 0.15) is 38.8 Å². The van der Waals surface area contributed by atoms with Crippen molar-refractivity contribution in [1.82, 2.24) is 10.2 Å². The molecule has 0 radical (unpaired) electrons. The Balaban J connectivity index is 1.84. The fourth-order valence-electron chi connectivity index (χ4n) is 2.41. The molecule has 0 amide bonds. The molecule has 0 unspecified atom stereocenters. The summed E-state index contributed by atoms with van der Waals surface area (Å²) >= 11 is 0. The van der Waals surface area contributed by atoms with Gasteiger partial charge in [-0.2, -0.15) is 0 Å². The molecule has 1 heterocycles. The summed E-state index contributed by atoms with van der Waals surface area (Å²) in [7, 11) is 0. The summed E-state index contributed by atoms with van der Waals surface area (Å²) in [6, 6.07) is 15.1. The molecule has 4 heteroatoms. The van der Waals surface area contributed by atoms with Crippen LogP contribution >= 0.6 is 0 Å². The molecule has 0 aliphatic carbocycles. The average Bonchev–Trinajstić information content (AvgIpc) is 3.00. The molecule has 0 fully saturated rings. The summed E-state index contributed by atoms with van der Waals surface area (Å²) in [5, 5.41) is 7.88. The molecule has 0 bridgehead atoms. The van der Waals surface area contributed by atoms with Gasteiger partial charge in [0.15, 0.2) is 0 Å². The molecule has 0 N–H and O–H groups in total.